The molecule has 3 aromatic rings. The number of nitrogens with one attached hydrogen (secondary N) is 1. The Kier molecular flexibility index (Phi) is 5.32. The number of aromatic nitrogens is 1. The molecule has 3 aromatic heterocycles. The Morgan fingerprint density at radius 3 is 2.63 bits per heavy atom. The smallest absolute Gasteiger partial charge is 0.341 e. The lowest BCUT2D eigenvalue weighted by atomic mass is 9.88. The van der Waals surface area contributed by atoms with Crippen molar-refractivity contribution in [3.8, 4) is 0 Å². The molecule has 0 saturated heterocycles. The fourth-order valence-electron chi connectivity index (χ4n) is 4.05. The molecular weight excluding hydrogens is 418 g/mol. The Hall–Kier alpha value is -2.45. The van der Waals surface area contributed by atoms with Crippen molar-refractivity contribution in [3.63, 3.8) is 0 Å². The molecule has 0 radical (unpaired) electrons. The van der Waals surface area contributed by atoms with Gasteiger partial charge in [0.2, 0.25) is 0 Å². The lowest BCUT2D eigenvalue weighted by molar-refractivity contribution is 0.0601. The molecule has 4 rings (SSSR count). The third-order valence-corrected chi connectivity index (χ3v) is 8.28. The Labute approximate surface area is 183 Å². The highest BCUT2D eigenvalue weighted by molar-refractivity contribution is 7.21. The van der Waals surface area contributed by atoms with Crippen molar-refractivity contribution in [2.45, 2.75) is 47.0 Å². The van der Waals surface area contributed by atoms with Crippen LogP contribution in [-0.4, -0.2) is 24.0 Å². The van der Waals surface area contributed by atoms with Gasteiger partial charge in [-0.3, -0.25) is 4.79 Å². The van der Waals surface area contributed by atoms with E-state index in [1.54, 1.807) is 0 Å². The van der Waals surface area contributed by atoms with Gasteiger partial charge in [-0.05, 0) is 62.6 Å². The van der Waals surface area contributed by atoms with Crippen molar-refractivity contribution in [2.75, 3.05) is 18.2 Å². The molecule has 30 heavy (non-hydrogen) atoms. The molecule has 3 N–H and O–H groups in total. The SMILES string of the molecule is COC(=O)c1c(NC(=O)c2sc3nc(C)c(C)c(C)c3c2N)sc2c1CCC(C)C2. The van der Waals surface area contributed by atoms with Crippen LogP contribution in [0, 0.1) is 26.7 Å². The third-order valence-electron chi connectivity index (χ3n) is 6.01. The molecule has 1 amide bonds. The second kappa shape index (κ2) is 7.67. The number of hydrogen-bond donors (Lipinski definition) is 2. The van der Waals surface area contributed by atoms with Gasteiger partial charge in [0, 0.05) is 16.0 Å². The van der Waals surface area contributed by atoms with Gasteiger partial charge in [-0.25, -0.2) is 9.78 Å². The Bertz CT molecular complexity index is 1190. The second-order valence-corrected chi connectivity index (χ2v) is 10.1. The lowest BCUT2D eigenvalue weighted by Crippen LogP contribution is -2.16. The van der Waals surface area contributed by atoms with Crippen LogP contribution in [0.3, 0.4) is 0 Å². The summed E-state index contributed by atoms with van der Waals surface area (Å²) in [5.74, 6) is -0.170. The first-order valence-corrected chi connectivity index (χ1v) is 11.6. The molecule has 0 saturated carbocycles. The molecule has 1 atom stereocenters. The van der Waals surface area contributed by atoms with E-state index in [1.165, 1.54) is 29.8 Å². The summed E-state index contributed by atoms with van der Waals surface area (Å²) in [6, 6.07) is 0. The summed E-state index contributed by atoms with van der Waals surface area (Å²) >= 11 is 2.75. The molecule has 0 aliphatic heterocycles. The number of ether oxygens (including phenoxy) is 1. The summed E-state index contributed by atoms with van der Waals surface area (Å²) in [5.41, 5.74) is 11.4. The van der Waals surface area contributed by atoms with Gasteiger partial charge >= 0.3 is 5.97 Å². The van der Waals surface area contributed by atoms with Crippen LogP contribution in [0.2, 0.25) is 0 Å². The van der Waals surface area contributed by atoms with Crippen LogP contribution in [0.15, 0.2) is 0 Å². The number of amides is 1. The number of anilines is 2. The van der Waals surface area contributed by atoms with Gasteiger partial charge in [0.05, 0.1) is 18.4 Å². The van der Waals surface area contributed by atoms with Crippen molar-refractivity contribution in [1.82, 2.24) is 4.98 Å². The maximum atomic E-state index is 13.2. The van der Waals surface area contributed by atoms with Gasteiger partial charge in [0.15, 0.2) is 0 Å². The fraction of sp³-hybridized carbons (Fsp3) is 0.409. The van der Waals surface area contributed by atoms with E-state index in [1.807, 2.05) is 20.8 Å². The van der Waals surface area contributed by atoms with E-state index in [0.717, 1.165) is 56.7 Å². The van der Waals surface area contributed by atoms with E-state index in [4.69, 9.17) is 10.5 Å². The third kappa shape index (κ3) is 3.28. The number of aryl methyl sites for hydroxylation is 2. The summed E-state index contributed by atoms with van der Waals surface area (Å²) in [6.45, 7) is 8.17. The van der Waals surface area contributed by atoms with Crippen molar-refractivity contribution < 1.29 is 14.3 Å². The molecule has 8 heteroatoms. The second-order valence-electron chi connectivity index (χ2n) is 7.97. The molecule has 6 nitrogen and oxygen atoms in total. The highest BCUT2D eigenvalue weighted by Crippen LogP contribution is 2.41. The van der Waals surface area contributed by atoms with Gasteiger partial charge in [-0.2, -0.15) is 0 Å². The highest BCUT2D eigenvalue weighted by Gasteiger charge is 2.30. The maximum absolute atomic E-state index is 13.2. The first kappa shape index (κ1) is 20.8. The molecule has 0 bridgehead atoms. The molecule has 3 heterocycles. The van der Waals surface area contributed by atoms with E-state index in [-0.39, 0.29) is 5.91 Å². The van der Waals surface area contributed by atoms with Crippen LogP contribution in [0.1, 0.15) is 60.6 Å². The number of hydrogen-bond acceptors (Lipinski definition) is 7. The zero-order valence-corrected chi connectivity index (χ0v) is 19.4. The Morgan fingerprint density at radius 2 is 1.93 bits per heavy atom. The van der Waals surface area contributed by atoms with E-state index in [2.05, 4.69) is 17.2 Å². The van der Waals surface area contributed by atoms with Gasteiger partial charge in [0.1, 0.15) is 14.7 Å². The zero-order valence-electron chi connectivity index (χ0n) is 17.8. The van der Waals surface area contributed by atoms with Gasteiger partial charge in [-0.15, -0.1) is 22.7 Å². The van der Waals surface area contributed by atoms with Crippen LogP contribution in [0.5, 0.6) is 0 Å². The van der Waals surface area contributed by atoms with Crippen LogP contribution >= 0.6 is 22.7 Å². The summed E-state index contributed by atoms with van der Waals surface area (Å²) in [6.07, 6.45) is 2.75. The lowest BCUT2D eigenvalue weighted by Gasteiger charge is -2.18. The van der Waals surface area contributed by atoms with Gasteiger partial charge < -0.3 is 15.8 Å². The zero-order chi connectivity index (χ0) is 21.7. The predicted molar refractivity (Wildman–Crippen MR) is 123 cm³/mol. The largest absolute Gasteiger partial charge is 0.465 e. The van der Waals surface area contributed by atoms with E-state index >= 15 is 0 Å². The fourth-order valence-corrected chi connectivity index (χ4v) is 6.54. The minimum Gasteiger partial charge on any atom is -0.465 e. The van der Waals surface area contributed by atoms with Crippen molar-refractivity contribution in [1.29, 1.82) is 0 Å². The van der Waals surface area contributed by atoms with Crippen LogP contribution in [0.4, 0.5) is 10.7 Å². The highest BCUT2D eigenvalue weighted by atomic mass is 32.1. The number of esters is 1. The minimum absolute atomic E-state index is 0.318. The summed E-state index contributed by atoms with van der Waals surface area (Å²) < 4.78 is 5.01. The number of nitrogens with zero attached hydrogens (tertiary/aromatic N) is 1. The predicted octanol–water partition coefficient (Wildman–Crippen LogP) is 5.03. The minimum atomic E-state index is -0.412. The van der Waals surface area contributed by atoms with Crippen LogP contribution < -0.4 is 11.1 Å². The molecule has 158 valence electrons. The molecule has 0 spiro atoms. The van der Waals surface area contributed by atoms with Crippen molar-refractivity contribution >= 4 is 55.5 Å². The van der Waals surface area contributed by atoms with Gasteiger partial charge in [-0.1, -0.05) is 6.92 Å². The first-order valence-electron chi connectivity index (χ1n) is 9.92. The first-order chi connectivity index (χ1) is 14.2. The monoisotopic (exact) mass is 443 g/mol. The maximum Gasteiger partial charge on any atom is 0.341 e. The quantitative estimate of drug-likeness (QED) is 0.554. The van der Waals surface area contributed by atoms with E-state index < -0.39 is 5.97 Å². The topological polar surface area (TPSA) is 94.3 Å². The molecule has 1 unspecified atom stereocenters. The number of fused-ring (bicyclic) bond motifs is 2. The molecule has 1 aliphatic carbocycles. The summed E-state index contributed by atoms with van der Waals surface area (Å²) in [4.78, 5) is 32.6. The molecular formula is C22H25N3O3S2. The Balaban J connectivity index is 1.75. The van der Waals surface area contributed by atoms with Gasteiger partial charge in [0.25, 0.3) is 5.91 Å². The van der Waals surface area contributed by atoms with Crippen molar-refractivity contribution in [2.24, 2.45) is 5.92 Å². The normalized spacial score (nSPS) is 15.8. The standard InChI is InChI=1S/C22H25N3O3S2/c1-9-6-7-13-14(8-9)29-21(16(13)22(27)28-5)25-19(26)18-17(23)15-11(3)10(2)12(4)24-20(15)30-18/h9H,6-8,23H2,1-5H3,(H,25,26). The van der Waals surface area contributed by atoms with Crippen LogP contribution in [-0.2, 0) is 17.6 Å². The molecule has 1 aliphatic rings. The number of nitrogens with two attached hydrogens (primary N) is 1. The average Bonchev–Trinajstić information content (AvgIpc) is 3.22. The average molecular weight is 444 g/mol. The number of pyridine rings is 1. The number of nitrogen functional groups attached to an aromatic ring is 1. The number of thiophene rings is 2. The van der Waals surface area contributed by atoms with Crippen molar-refractivity contribution in [3.05, 3.63) is 37.7 Å². The summed E-state index contributed by atoms with van der Waals surface area (Å²) in [5, 5.41) is 4.32. The van der Waals surface area contributed by atoms with E-state index in [9.17, 15) is 9.59 Å². The molecule has 0 aromatic carbocycles. The number of rotatable bonds is 3. The number of carbonyl (C=O) groups excluding carboxylic acids is 2. The number of methoxy groups -OCH3 is 1. The molecule has 0 fully saturated rings. The summed E-state index contributed by atoms with van der Waals surface area (Å²) in [7, 11) is 1.37. The number of carbonyl (C=O) groups is 2. The van der Waals surface area contributed by atoms with Crippen LogP contribution in [0.25, 0.3) is 10.2 Å². The van der Waals surface area contributed by atoms with E-state index in [0.29, 0.717) is 27.0 Å². The Morgan fingerprint density at radius 1 is 1.20 bits per heavy atom.